The van der Waals surface area contributed by atoms with Gasteiger partial charge >= 0.3 is 5.97 Å². The van der Waals surface area contributed by atoms with E-state index in [1.165, 1.54) is 16.7 Å². The van der Waals surface area contributed by atoms with Gasteiger partial charge in [0.2, 0.25) is 0 Å². The highest BCUT2D eigenvalue weighted by atomic mass is 16.5. The van der Waals surface area contributed by atoms with Gasteiger partial charge in [0.15, 0.2) is 0 Å². The molecule has 21 heavy (non-hydrogen) atoms. The van der Waals surface area contributed by atoms with Crippen molar-refractivity contribution in [2.24, 2.45) is 5.92 Å². The number of piperidine rings is 1. The average Bonchev–Trinajstić information content (AvgIpc) is 2.46. The molecule has 1 N–H and O–H groups in total. The van der Waals surface area contributed by atoms with Crippen molar-refractivity contribution < 1.29 is 14.6 Å². The van der Waals surface area contributed by atoms with Crippen LogP contribution in [0.1, 0.15) is 24.5 Å². The molecule has 1 saturated heterocycles. The summed E-state index contributed by atoms with van der Waals surface area (Å²) in [6.45, 7) is 4.37. The smallest absolute Gasteiger partial charge is 0.312 e. The number of carbonyl (C=O) groups is 1. The molecule has 1 aromatic carbocycles. The highest BCUT2D eigenvalue weighted by molar-refractivity contribution is 5.96. The molecule has 3 rings (SSSR count). The van der Waals surface area contributed by atoms with Crippen molar-refractivity contribution in [1.82, 2.24) is 4.90 Å². The standard InChI is InChI=1S/C17H21NO3/c1-2-21-17(20)15-11-18(8-7-16(15)19)10-13-9-12-5-3-4-6-14(12)13/h3-6,9,15-16,19H,2,7-8,10-11H2,1H3/t15-,16-/m0/s1. The summed E-state index contributed by atoms with van der Waals surface area (Å²) in [5, 5.41) is 10.0. The molecule has 0 bridgehead atoms. The van der Waals surface area contributed by atoms with Crippen LogP contribution in [0.15, 0.2) is 24.3 Å². The highest BCUT2D eigenvalue weighted by Gasteiger charge is 2.34. The summed E-state index contributed by atoms with van der Waals surface area (Å²) in [5.41, 5.74) is 3.90. The van der Waals surface area contributed by atoms with Crippen LogP contribution in [0.3, 0.4) is 0 Å². The predicted octanol–water partition coefficient (Wildman–Crippen LogP) is 1.79. The Balaban J connectivity index is 1.61. The fourth-order valence-electron chi connectivity index (χ4n) is 3.11. The molecular weight excluding hydrogens is 266 g/mol. The Hall–Kier alpha value is -1.65. The van der Waals surface area contributed by atoms with Crippen LogP contribution in [0.2, 0.25) is 0 Å². The normalized spacial score (nSPS) is 24.8. The maximum Gasteiger partial charge on any atom is 0.312 e. The van der Waals surface area contributed by atoms with Crippen LogP contribution >= 0.6 is 0 Å². The van der Waals surface area contributed by atoms with Crippen molar-refractivity contribution in [3.63, 3.8) is 0 Å². The maximum absolute atomic E-state index is 11.9. The second-order valence-electron chi connectivity index (χ2n) is 5.71. The lowest BCUT2D eigenvalue weighted by Gasteiger charge is -2.36. The van der Waals surface area contributed by atoms with E-state index in [9.17, 15) is 9.90 Å². The summed E-state index contributed by atoms with van der Waals surface area (Å²) in [7, 11) is 0. The van der Waals surface area contributed by atoms with Crippen LogP contribution < -0.4 is 0 Å². The average molecular weight is 287 g/mol. The summed E-state index contributed by atoms with van der Waals surface area (Å²) in [4.78, 5) is 14.1. The van der Waals surface area contributed by atoms with E-state index in [-0.39, 0.29) is 5.97 Å². The predicted molar refractivity (Wildman–Crippen MR) is 81.5 cm³/mol. The third-order valence-corrected chi connectivity index (χ3v) is 4.28. The summed E-state index contributed by atoms with van der Waals surface area (Å²) in [6, 6.07) is 8.33. The Morgan fingerprint density at radius 3 is 3.00 bits per heavy atom. The van der Waals surface area contributed by atoms with Gasteiger partial charge in [0.1, 0.15) is 0 Å². The Morgan fingerprint density at radius 2 is 2.24 bits per heavy atom. The second-order valence-corrected chi connectivity index (χ2v) is 5.71. The van der Waals surface area contributed by atoms with E-state index in [0.29, 0.717) is 19.6 Å². The second kappa shape index (κ2) is 6.00. The first-order valence-corrected chi connectivity index (χ1v) is 7.56. The number of benzene rings is 1. The topological polar surface area (TPSA) is 49.8 Å². The fourth-order valence-corrected chi connectivity index (χ4v) is 3.11. The van der Waals surface area contributed by atoms with Gasteiger partial charge < -0.3 is 9.84 Å². The van der Waals surface area contributed by atoms with E-state index in [2.05, 4.69) is 23.1 Å². The third kappa shape index (κ3) is 2.87. The third-order valence-electron chi connectivity index (χ3n) is 4.28. The van der Waals surface area contributed by atoms with E-state index in [1.54, 1.807) is 6.92 Å². The quantitative estimate of drug-likeness (QED) is 0.858. The molecule has 1 aliphatic heterocycles. The molecule has 1 fully saturated rings. The summed E-state index contributed by atoms with van der Waals surface area (Å²) in [6.07, 6.45) is 2.24. The van der Waals surface area contributed by atoms with E-state index in [4.69, 9.17) is 4.74 Å². The maximum atomic E-state index is 11.9. The van der Waals surface area contributed by atoms with Gasteiger partial charge in [-0.05, 0) is 36.1 Å². The number of ether oxygens (including phenoxy) is 1. The number of hydrogen-bond donors (Lipinski definition) is 1. The lowest BCUT2D eigenvalue weighted by Crippen LogP contribution is -2.47. The molecule has 0 spiro atoms. The van der Waals surface area contributed by atoms with Gasteiger partial charge in [-0.25, -0.2) is 0 Å². The van der Waals surface area contributed by atoms with E-state index >= 15 is 0 Å². The Kier molecular flexibility index (Phi) is 4.08. The van der Waals surface area contributed by atoms with Gasteiger partial charge in [-0.3, -0.25) is 9.69 Å². The number of likely N-dealkylation sites (tertiary alicyclic amines) is 1. The number of rotatable bonds is 4. The lowest BCUT2D eigenvalue weighted by atomic mass is 9.87. The zero-order chi connectivity index (χ0) is 14.8. The number of hydrogen-bond acceptors (Lipinski definition) is 4. The van der Waals surface area contributed by atoms with Gasteiger partial charge in [-0.1, -0.05) is 24.3 Å². The Morgan fingerprint density at radius 1 is 1.43 bits per heavy atom. The van der Waals surface area contributed by atoms with Gasteiger partial charge in [0, 0.05) is 19.6 Å². The summed E-state index contributed by atoms with van der Waals surface area (Å²) >= 11 is 0. The van der Waals surface area contributed by atoms with Crippen molar-refractivity contribution in [2.75, 3.05) is 26.2 Å². The molecule has 1 heterocycles. The minimum absolute atomic E-state index is 0.280. The first-order chi connectivity index (χ1) is 10.2. The molecule has 112 valence electrons. The van der Waals surface area contributed by atoms with Crippen molar-refractivity contribution >= 4 is 17.6 Å². The van der Waals surface area contributed by atoms with Gasteiger partial charge in [0.25, 0.3) is 0 Å². The van der Waals surface area contributed by atoms with Crippen LogP contribution in [0, 0.1) is 5.92 Å². The van der Waals surface area contributed by atoms with Crippen LogP contribution in [0.4, 0.5) is 0 Å². The van der Waals surface area contributed by atoms with Gasteiger partial charge in [-0.2, -0.15) is 0 Å². The number of aliphatic hydroxyl groups is 1. The van der Waals surface area contributed by atoms with Crippen LogP contribution in [-0.4, -0.2) is 48.3 Å². The molecule has 1 aliphatic carbocycles. The van der Waals surface area contributed by atoms with Crippen LogP contribution in [-0.2, 0) is 9.53 Å². The van der Waals surface area contributed by atoms with Crippen molar-refractivity contribution in [1.29, 1.82) is 0 Å². The first-order valence-electron chi connectivity index (χ1n) is 7.56. The molecule has 4 heteroatoms. The van der Waals surface area contributed by atoms with E-state index in [1.807, 2.05) is 12.1 Å². The summed E-state index contributed by atoms with van der Waals surface area (Å²) < 4.78 is 5.06. The Bertz CT molecular complexity index is 567. The number of esters is 1. The molecule has 0 aromatic heterocycles. The van der Waals surface area contributed by atoms with Crippen molar-refractivity contribution in [2.45, 2.75) is 19.4 Å². The Labute approximate surface area is 125 Å². The fraction of sp³-hybridized carbons (Fsp3) is 0.471. The van der Waals surface area contributed by atoms with Crippen molar-refractivity contribution in [3.8, 4) is 0 Å². The zero-order valence-electron chi connectivity index (χ0n) is 12.3. The molecule has 0 saturated carbocycles. The molecule has 2 atom stereocenters. The van der Waals surface area contributed by atoms with Crippen molar-refractivity contribution in [3.05, 3.63) is 35.4 Å². The highest BCUT2D eigenvalue weighted by Crippen LogP contribution is 2.33. The largest absolute Gasteiger partial charge is 0.466 e. The zero-order valence-corrected chi connectivity index (χ0v) is 12.3. The minimum atomic E-state index is -0.581. The number of fused-ring (bicyclic) bond motifs is 1. The molecule has 0 radical (unpaired) electrons. The van der Waals surface area contributed by atoms with Gasteiger partial charge in [-0.15, -0.1) is 0 Å². The minimum Gasteiger partial charge on any atom is -0.466 e. The molecule has 0 amide bonds. The van der Waals surface area contributed by atoms with E-state index in [0.717, 1.165) is 13.1 Å². The van der Waals surface area contributed by atoms with Crippen LogP contribution in [0.5, 0.6) is 0 Å². The number of aliphatic hydroxyl groups excluding tert-OH is 1. The summed E-state index contributed by atoms with van der Waals surface area (Å²) in [5.74, 6) is -0.702. The molecular formula is C17H21NO3. The molecule has 1 aromatic rings. The SMILES string of the molecule is CCOC(=O)[C@H]1CN(CC2=Cc3ccccc32)CC[C@@H]1O. The number of carbonyl (C=O) groups excluding carboxylic acids is 1. The molecule has 0 unspecified atom stereocenters. The first kappa shape index (κ1) is 14.3. The number of nitrogens with zero attached hydrogens (tertiary/aromatic N) is 1. The molecule has 4 nitrogen and oxygen atoms in total. The van der Waals surface area contributed by atoms with Gasteiger partial charge in [0.05, 0.1) is 18.6 Å². The molecule has 2 aliphatic rings. The monoisotopic (exact) mass is 287 g/mol. The van der Waals surface area contributed by atoms with E-state index < -0.39 is 12.0 Å². The lowest BCUT2D eigenvalue weighted by molar-refractivity contribution is -0.155. The van der Waals surface area contributed by atoms with Crippen LogP contribution in [0.25, 0.3) is 11.6 Å².